The van der Waals surface area contributed by atoms with Crippen molar-refractivity contribution in [3.63, 3.8) is 0 Å². The van der Waals surface area contributed by atoms with Gasteiger partial charge in [0, 0.05) is 92.2 Å². The Bertz CT molecular complexity index is 2090. The molecule has 2 aromatic carbocycles. The number of likely N-dealkylation sites (tertiary alicyclic amines) is 1. The van der Waals surface area contributed by atoms with E-state index in [1.54, 1.807) is 48.0 Å². The summed E-state index contributed by atoms with van der Waals surface area (Å²) in [6, 6.07) is 13.1. The molecule has 0 aliphatic carbocycles. The van der Waals surface area contributed by atoms with Crippen molar-refractivity contribution in [1.29, 1.82) is 0 Å². The van der Waals surface area contributed by atoms with Gasteiger partial charge in [0.2, 0.25) is 5.91 Å². The first-order chi connectivity index (χ1) is 24.7. The smallest absolute Gasteiger partial charge is 0.410 e. The van der Waals surface area contributed by atoms with Gasteiger partial charge in [-0.1, -0.05) is 47.5 Å². The molecule has 0 radical (unpaired) electrons. The molecule has 5 heterocycles. The van der Waals surface area contributed by atoms with Crippen LogP contribution in [-0.4, -0.2) is 81.1 Å². The number of carbonyl (C=O) groups excluding carboxylic acids is 3. The summed E-state index contributed by atoms with van der Waals surface area (Å²) in [7, 11) is 3.43. The lowest BCUT2D eigenvalue weighted by atomic mass is 9.79. The van der Waals surface area contributed by atoms with Gasteiger partial charge in [0.25, 0.3) is 5.91 Å². The molecule has 14 heteroatoms. The van der Waals surface area contributed by atoms with Crippen molar-refractivity contribution < 1.29 is 23.9 Å². The first kappa shape index (κ1) is 35.7. The van der Waals surface area contributed by atoms with Crippen molar-refractivity contribution >= 4 is 46.8 Å². The number of nitrogens with zero attached hydrogens (tertiary/aromatic N) is 5. The third kappa shape index (κ3) is 6.94. The standard InChI is InChI=1S/C38H41Cl2N7O5/c1-37(2,3)52-36(50)47-14-12-28-27(18-47)43-34(45(28)4)35(49)44-26-8-6-7-24(31(26)39)25-11-13-41-33(32(25)40)22-9-10-23(29(15-22)51-5)17-46-20-38(21-46)16-30(48)42-19-38/h6-11,13,15H,12,14,16-21H2,1-5H3,(H,42,48)(H,44,49). The van der Waals surface area contributed by atoms with Crippen LogP contribution < -0.4 is 15.4 Å². The Hall–Kier alpha value is -4.65. The van der Waals surface area contributed by atoms with Crippen molar-refractivity contribution in [2.75, 3.05) is 38.6 Å². The number of ether oxygens (including phenoxy) is 2. The van der Waals surface area contributed by atoms with Crippen LogP contribution in [0.4, 0.5) is 10.5 Å². The van der Waals surface area contributed by atoms with Gasteiger partial charge in [-0.05, 0) is 39.0 Å². The van der Waals surface area contributed by atoms with E-state index >= 15 is 0 Å². The molecule has 3 amide bonds. The van der Waals surface area contributed by atoms with Gasteiger partial charge in [-0.2, -0.15) is 0 Å². The van der Waals surface area contributed by atoms with Crippen molar-refractivity contribution in [2.24, 2.45) is 12.5 Å². The number of carbonyl (C=O) groups is 3. The number of pyridine rings is 1. The molecular weight excluding hydrogens is 705 g/mol. The van der Waals surface area contributed by atoms with Gasteiger partial charge in [-0.25, -0.2) is 9.78 Å². The molecular formula is C38H41Cl2N7O5. The lowest BCUT2D eigenvalue weighted by Gasteiger charge is -2.47. The van der Waals surface area contributed by atoms with Gasteiger partial charge >= 0.3 is 6.09 Å². The number of hydrogen-bond donors (Lipinski definition) is 2. The predicted molar refractivity (Wildman–Crippen MR) is 199 cm³/mol. The fourth-order valence-corrected chi connectivity index (χ4v) is 7.93. The molecule has 0 unspecified atom stereocenters. The highest BCUT2D eigenvalue weighted by Crippen LogP contribution is 2.42. The van der Waals surface area contributed by atoms with Crippen molar-refractivity contribution in [3.8, 4) is 28.1 Å². The third-order valence-corrected chi connectivity index (χ3v) is 10.6. The highest BCUT2D eigenvalue weighted by molar-refractivity contribution is 6.39. The van der Waals surface area contributed by atoms with E-state index in [2.05, 4.69) is 25.5 Å². The largest absolute Gasteiger partial charge is 0.496 e. The average Bonchev–Trinajstić information content (AvgIpc) is 3.64. The van der Waals surface area contributed by atoms with Crippen LogP contribution in [0.15, 0.2) is 48.7 Å². The van der Waals surface area contributed by atoms with E-state index < -0.39 is 17.6 Å². The Morgan fingerprint density at radius 1 is 1.08 bits per heavy atom. The average molecular weight is 747 g/mol. The number of methoxy groups -OCH3 is 1. The summed E-state index contributed by atoms with van der Waals surface area (Å²) in [4.78, 5) is 51.2. The predicted octanol–water partition coefficient (Wildman–Crippen LogP) is 6.33. The minimum atomic E-state index is -0.613. The minimum Gasteiger partial charge on any atom is -0.496 e. The number of fused-ring (bicyclic) bond motifs is 1. The maximum absolute atomic E-state index is 13.6. The number of nitrogens with one attached hydrogen (secondary N) is 2. The normalized spacial score (nSPS) is 16.7. The fraction of sp³-hybridized carbons (Fsp3) is 0.395. The van der Waals surface area contributed by atoms with E-state index in [9.17, 15) is 14.4 Å². The first-order valence-corrected chi connectivity index (χ1v) is 17.9. The molecule has 272 valence electrons. The molecule has 2 N–H and O–H groups in total. The zero-order chi connectivity index (χ0) is 36.9. The number of hydrogen-bond acceptors (Lipinski definition) is 8. The van der Waals surface area contributed by atoms with Crippen LogP contribution in [0, 0.1) is 5.41 Å². The van der Waals surface area contributed by atoms with Crippen LogP contribution in [-0.2, 0) is 36.1 Å². The molecule has 0 atom stereocenters. The number of anilines is 1. The molecule has 3 aliphatic heterocycles. The first-order valence-electron chi connectivity index (χ1n) is 17.2. The maximum atomic E-state index is 13.6. The summed E-state index contributed by atoms with van der Waals surface area (Å²) in [5, 5.41) is 6.59. The highest BCUT2D eigenvalue weighted by atomic mass is 35.5. The Balaban J connectivity index is 1.08. The number of rotatable bonds is 7. The number of benzene rings is 2. The van der Waals surface area contributed by atoms with Crippen LogP contribution in [0.5, 0.6) is 5.75 Å². The SMILES string of the molecule is COc1cc(-c2nccc(-c3cccc(NC(=O)c4nc5c(n4C)CCN(C(=O)OC(C)(C)C)C5)c3Cl)c2Cl)ccc1CN1CC2(CNC(=O)C2)C1. The Labute approximate surface area is 312 Å². The van der Waals surface area contributed by atoms with Crippen LogP contribution in [0.3, 0.4) is 0 Å². The molecule has 3 aliphatic rings. The van der Waals surface area contributed by atoms with Crippen molar-refractivity contribution in [3.05, 3.63) is 81.5 Å². The monoisotopic (exact) mass is 745 g/mol. The molecule has 2 aromatic heterocycles. The summed E-state index contributed by atoms with van der Waals surface area (Å²) < 4.78 is 13.1. The van der Waals surface area contributed by atoms with E-state index in [0.717, 1.165) is 42.2 Å². The molecule has 1 spiro atoms. The quantitative estimate of drug-likeness (QED) is 0.225. The lowest BCUT2D eigenvalue weighted by Crippen LogP contribution is -2.56. The summed E-state index contributed by atoms with van der Waals surface area (Å²) >= 11 is 14.0. The Kier molecular flexibility index (Phi) is 9.43. The summed E-state index contributed by atoms with van der Waals surface area (Å²) in [5.41, 5.74) is 5.02. The molecule has 12 nitrogen and oxygen atoms in total. The van der Waals surface area contributed by atoms with Gasteiger partial charge in [0.05, 0.1) is 40.8 Å². The topological polar surface area (TPSA) is 131 Å². The number of aromatic nitrogens is 3. The fourth-order valence-electron chi connectivity index (χ4n) is 7.33. The van der Waals surface area contributed by atoms with Gasteiger partial charge in [0.1, 0.15) is 11.4 Å². The van der Waals surface area contributed by atoms with E-state index in [1.165, 1.54) is 0 Å². The second-order valence-electron chi connectivity index (χ2n) is 14.8. The van der Waals surface area contributed by atoms with Crippen LogP contribution in [0.25, 0.3) is 22.4 Å². The van der Waals surface area contributed by atoms with Crippen LogP contribution >= 0.6 is 23.2 Å². The molecule has 52 heavy (non-hydrogen) atoms. The van der Waals surface area contributed by atoms with Crippen molar-refractivity contribution in [1.82, 2.24) is 29.7 Å². The van der Waals surface area contributed by atoms with Gasteiger partial charge in [0.15, 0.2) is 5.82 Å². The minimum absolute atomic E-state index is 0.0499. The number of imidazole rings is 1. The Morgan fingerprint density at radius 2 is 1.85 bits per heavy atom. The summed E-state index contributed by atoms with van der Waals surface area (Å²) in [6.07, 6.45) is 2.39. The highest BCUT2D eigenvalue weighted by Gasteiger charge is 2.48. The summed E-state index contributed by atoms with van der Waals surface area (Å²) in [5.74, 6) is 0.622. The van der Waals surface area contributed by atoms with E-state index in [1.807, 2.05) is 45.0 Å². The van der Waals surface area contributed by atoms with E-state index in [-0.39, 0.29) is 23.7 Å². The molecule has 2 fully saturated rings. The lowest BCUT2D eigenvalue weighted by molar-refractivity contribution is -0.120. The van der Waals surface area contributed by atoms with Gasteiger partial charge in [-0.3, -0.25) is 19.5 Å². The van der Waals surface area contributed by atoms with E-state index in [4.69, 9.17) is 32.7 Å². The molecule has 2 saturated heterocycles. The Morgan fingerprint density at radius 3 is 2.56 bits per heavy atom. The second-order valence-corrected chi connectivity index (χ2v) is 15.6. The number of amides is 3. The van der Waals surface area contributed by atoms with Crippen LogP contribution in [0.1, 0.15) is 54.8 Å². The maximum Gasteiger partial charge on any atom is 0.410 e. The molecule has 4 aromatic rings. The van der Waals surface area contributed by atoms with Crippen LogP contribution in [0.2, 0.25) is 10.0 Å². The number of halogens is 2. The van der Waals surface area contributed by atoms with Crippen molar-refractivity contribution in [2.45, 2.75) is 52.3 Å². The molecule has 7 rings (SSSR count). The van der Waals surface area contributed by atoms with Gasteiger partial charge < -0.3 is 29.6 Å². The van der Waals surface area contributed by atoms with E-state index in [0.29, 0.717) is 64.2 Å². The third-order valence-electron chi connectivity index (χ3n) is 9.81. The zero-order valence-electron chi connectivity index (χ0n) is 29.8. The second kappa shape index (κ2) is 13.7. The summed E-state index contributed by atoms with van der Waals surface area (Å²) in [6.45, 7) is 9.36. The van der Waals surface area contributed by atoms with Gasteiger partial charge in [-0.15, -0.1) is 0 Å². The zero-order valence-corrected chi connectivity index (χ0v) is 31.3. The molecule has 0 saturated carbocycles. The molecule has 0 bridgehead atoms.